The zero-order valence-corrected chi connectivity index (χ0v) is 14.2. The smallest absolute Gasteiger partial charge is 0.193 e. The normalized spacial score (nSPS) is 12.9. The highest BCUT2D eigenvalue weighted by Gasteiger charge is 2.15. The Morgan fingerprint density at radius 3 is 3.00 bits per heavy atom. The Kier molecular flexibility index (Phi) is 4.38. The summed E-state index contributed by atoms with van der Waals surface area (Å²) in [6, 6.07) is 8.87. The van der Waals surface area contributed by atoms with Crippen LogP contribution in [0.5, 0.6) is 0 Å². The fourth-order valence-electron chi connectivity index (χ4n) is 2.38. The van der Waals surface area contributed by atoms with Crippen LogP contribution < -0.4 is 5.32 Å². The fraction of sp³-hybridized carbons (Fsp3) is 0.267. The molecule has 0 fully saturated rings. The van der Waals surface area contributed by atoms with Crippen LogP contribution in [0, 0.1) is 3.57 Å². The monoisotopic (exact) mass is 397 g/mol. The molecule has 20 heavy (non-hydrogen) atoms. The number of imidazole rings is 1. The highest BCUT2D eigenvalue weighted by molar-refractivity contribution is 14.1. The summed E-state index contributed by atoms with van der Waals surface area (Å²) in [6.45, 7) is 3.10. The molecule has 0 aliphatic rings. The number of fused-ring (bicyclic) bond motifs is 1. The third-order valence-corrected chi connectivity index (χ3v) is 5.04. The van der Waals surface area contributed by atoms with Gasteiger partial charge in [0.1, 0.15) is 0 Å². The Labute approximate surface area is 136 Å². The molecular formula is C15H16IN3S. The summed E-state index contributed by atoms with van der Waals surface area (Å²) in [5.41, 5.74) is 2.49. The van der Waals surface area contributed by atoms with Gasteiger partial charge in [-0.25, -0.2) is 4.98 Å². The van der Waals surface area contributed by atoms with Crippen molar-refractivity contribution < 1.29 is 0 Å². The maximum absolute atomic E-state index is 4.69. The van der Waals surface area contributed by atoms with E-state index in [1.54, 1.807) is 11.3 Å². The van der Waals surface area contributed by atoms with Crippen LogP contribution in [0.1, 0.15) is 24.2 Å². The largest absolute Gasteiger partial charge is 0.310 e. The molecule has 3 aromatic rings. The van der Waals surface area contributed by atoms with Crippen LogP contribution in [0.2, 0.25) is 0 Å². The molecule has 1 unspecified atom stereocenters. The molecule has 2 aromatic heterocycles. The van der Waals surface area contributed by atoms with E-state index in [9.17, 15) is 0 Å². The van der Waals surface area contributed by atoms with Gasteiger partial charge in [-0.2, -0.15) is 0 Å². The minimum Gasteiger partial charge on any atom is -0.310 e. The third kappa shape index (κ3) is 2.89. The van der Waals surface area contributed by atoms with Crippen molar-refractivity contribution >= 4 is 38.9 Å². The number of rotatable bonds is 5. The summed E-state index contributed by atoms with van der Waals surface area (Å²) in [5.74, 6) is 0. The molecule has 0 radical (unpaired) electrons. The second-order valence-electron chi connectivity index (χ2n) is 4.66. The Morgan fingerprint density at radius 1 is 1.40 bits per heavy atom. The van der Waals surface area contributed by atoms with Gasteiger partial charge in [-0.15, -0.1) is 11.3 Å². The van der Waals surface area contributed by atoms with Crippen LogP contribution in [0.4, 0.5) is 0 Å². The second kappa shape index (κ2) is 6.24. The van der Waals surface area contributed by atoms with Crippen molar-refractivity contribution in [3.63, 3.8) is 0 Å². The summed E-state index contributed by atoms with van der Waals surface area (Å²) in [7, 11) is 0. The first-order chi connectivity index (χ1) is 9.78. The van der Waals surface area contributed by atoms with Crippen molar-refractivity contribution in [2.75, 3.05) is 6.54 Å². The maximum Gasteiger partial charge on any atom is 0.193 e. The van der Waals surface area contributed by atoms with Gasteiger partial charge in [-0.05, 0) is 40.8 Å². The highest BCUT2D eigenvalue weighted by atomic mass is 127. The van der Waals surface area contributed by atoms with Crippen LogP contribution in [-0.4, -0.2) is 15.9 Å². The van der Waals surface area contributed by atoms with Gasteiger partial charge in [0.25, 0.3) is 0 Å². The van der Waals surface area contributed by atoms with Crippen molar-refractivity contribution in [2.45, 2.75) is 19.4 Å². The lowest BCUT2D eigenvalue weighted by Gasteiger charge is -2.18. The first kappa shape index (κ1) is 14.0. The molecule has 1 aromatic carbocycles. The van der Waals surface area contributed by atoms with Gasteiger partial charge in [0, 0.05) is 33.8 Å². The van der Waals surface area contributed by atoms with E-state index < -0.39 is 0 Å². The Hall–Kier alpha value is -0.920. The molecule has 1 N–H and O–H groups in total. The quantitative estimate of drug-likeness (QED) is 0.662. The summed E-state index contributed by atoms with van der Waals surface area (Å²) in [5, 5.41) is 5.64. The van der Waals surface area contributed by atoms with Gasteiger partial charge in [0.05, 0.1) is 5.69 Å². The third-order valence-electron chi connectivity index (χ3n) is 3.29. The molecule has 0 aliphatic carbocycles. The molecular weight excluding hydrogens is 381 g/mol. The summed E-state index contributed by atoms with van der Waals surface area (Å²) >= 11 is 4.09. The lowest BCUT2D eigenvalue weighted by molar-refractivity contribution is 0.543. The van der Waals surface area contributed by atoms with E-state index in [2.05, 4.69) is 86.3 Å². The van der Waals surface area contributed by atoms with Crippen LogP contribution >= 0.6 is 33.9 Å². The summed E-state index contributed by atoms with van der Waals surface area (Å²) in [4.78, 5) is 5.76. The number of halogens is 1. The predicted molar refractivity (Wildman–Crippen MR) is 92.3 cm³/mol. The van der Waals surface area contributed by atoms with E-state index in [0.717, 1.165) is 23.6 Å². The van der Waals surface area contributed by atoms with Crippen molar-refractivity contribution in [3.8, 4) is 0 Å². The van der Waals surface area contributed by atoms with Crippen LogP contribution in [0.3, 0.4) is 0 Å². The molecule has 0 bridgehead atoms. The van der Waals surface area contributed by atoms with E-state index in [-0.39, 0.29) is 0 Å². The SMILES string of the molecule is CCNC(Cc1cn2ccsc2n1)c1ccccc1I. The van der Waals surface area contributed by atoms with E-state index in [1.807, 2.05) is 0 Å². The number of nitrogens with zero attached hydrogens (tertiary/aromatic N) is 2. The van der Waals surface area contributed by atoms with Gasteiger partial charge in [0.2, 0.25) is 0 Å². The van der Waals surface area contributed by atoms with Crippen molar-refractivity contribution in [3.05, 3.63) is 56.9 Å². The predicted octanol–water partition coefficient (Wildman–Crippen LogP) is 3.89. The molecule has 0 saturated heterocycles. The summed E-state index contributed by atoms with van der Waals surface area (Å²) < 4.78 is 3.40. The number of aromatic nitrogens is 2. The van der Waals surface area contributed by atoms with Gasteiger partial charge in [-0.3, -0.25) is 4.40 Å². The van der Waals surface area contributed by atoms with E-state index in [1.165, 1.54) is 9.13 Å². The minimum atomic E-state index is 0.317. The number of likely N-dealkylation sites (N-methyl/N-ethyl adjacent to an activating group) is 1. The Morgan fingerprint density at radius 2 is 2.25 bits per heavy atom. The Balaban J connectivity index is 1.87. The molecule has 5 heteroatoms. The average Bonchev–Trinajstić information content (AvgIpc) is 3.00. The topological polar surface area (TPSA) is 29.3 Å². The van der Waals surface area contributed by atoms with Gasteiger partial charge in [0.15, 0.2) is 4.96 Å². The summed E-state index contributed by atoms with van der Waals surface area (Å²) in [6.07, 6.45) is 5.11. The highest BCUT2D eigenvalue weighted by Crippen LogP contribution is 2.24. The standard InChI is InChI=1S/C15H16IN3S/c1-2-17-14(12-5-3-4-6-13(12)16)9-11-10-19-7-8-20-15(19)18-11/h3-8,10,14,17H,2,9H2,1H3. The van der Waals surface area contributed by atoms with Crippen LogP contribution in [-0.2, 0) is 6.42 Å². The number of benzene rings is 1. The second-order valence-corrected chi connectivity index (χ2v) is 6.70. The first-order valence-corrected chi connectivity index (χ1v) is 8.62. The van der Waals surface area contributed by atoms with Crippen molar-refractivity contribution in [1.29, 1.82) is 0 Å². The fourth-order valence-corrected chi connectivity index (χ4v) is 3.86. The molecule has 1 atom stereocenters. The average molecular weight is 397 g/mol. The van der Waals surface area contributed by atoms with Gasteiger partial charge in [-0.1, -0.05) is 25.1 Å². The van der Waals surface area contributed by atoms with E-state index >= 15 is 0 Å². The zero-order valence-electron chi connectivity index (χ0n) is 11.2. The van der Waals surface area contributed by atoms with Crippen LogP contribution in [0.25, 0.3) is 4.96 Å². The minimum absolute atomic E-state index is 0.317. The molecule has 0 aliphatic heterocycles. The van der Waals surface area contributed by atoms with Crippen molar-refractivity contribution in [2.24, 2.45) is 0 Å². The van der Waals surface area contributed by atoms with E-state index in [0.29, 0.717) is 6.04 Å². The number of hydrogen-bond donors (Lipinski definition) is 1. The Bertz CT molecular complexity index is 675. The lowest BCUT2D eigenvalue weighted by Crippen LogP contribution is -2.23. The molecule has 2 heterocycles. The zero-order chi connectivity index (χ0) is 13.9. The molecule has 3 nitrogen and oxygen atoms in total. The van der Waals surface area contributed by atoms with E-state index in [4.69, 9.17) is 0 Å². The molecule has 0 saturated carbocycles. The first-order valence-electron chi connectivity index (χ1n) is 6.67. The van der Waals surface area contributed by atoms with Crippen LogP contribution in [0.15, 0.2) is 42.0 Å². The lowest BCUT2D eigenvalue weighted by atomic mass is 10.0. The number of hydrogen-bond acceptors (Lipinski definition) is 3. The molecule has 3 rings (SSSR count). The maximum atomic E-state index is 4.69. The number of thiazole rings is 1. The molecule has 104 valence electrons. The van der Waals surface area contributed by atoms with Gasteiger partial charge >= 0.3 is 0 Å². The number of nitrogens with one attached hydrogen (secondary N) is 1. The molecule has 0 spiro atoms. The molecule has 0 amide bonds. The van der Waals surface area contributed by atoms with Crippen molar-refractivity contribution in [1.82, 2.24) is 14.7 Å². The van der Waals surface area contributed by atoms with Gasteiger partial charge < -0.3 is 5.32 Å².